The molecule has 1 fully saturated rings. The smallest absolute Gasteiger partial charge is 0.254 e. The molecular weight excluding hydrogens is 212 g/mol. The second kappa shape index (κ2) is 2.21. The second-order valence-corrected chi connectivity index (χ2v) is 6.12. The van der Waals surface area contributed by atoms with Crippen LogP contribution < -0.4 is 0 Å². The van der Waals surface area contributed by atoms with Gasteiger partial charge in [-0.25, -0.2) is 0 Å². The Kier molecular flexibility index (Phi) is 1.91. The van der Waals surface area contributed by atoms with Gasteiger partial charge in [0.2, 0.25) is 3.17 Å². The monoisotopic (exact) mass is 214 g/mol. The number of thioether (sulfide) groups is 2. The average molecular weight is 215 g/mol. The van der Waals surface area contributed by atoms with Crippen LogP contribution in [-0.4, -0.2) is 14.7 Å². The van der Waals surface area contributed by atoms with E-state index in [2.05, 4.69) is 15.9 Å². The Labute approximate surface area is 63.9 Å². The minimum Gasteiger partial charge on any atom is -0.348 e. The summed E-state index contributed by atoms with van der Waals surface area (Å²) in [5.74, 6) is 0. The van der Waals surface area contributed by atoms with Crippen LogP contribution in [-0.2, 0) is 4.74 Å². The average Bonchev–Trinajstić information content (AvgIpc) is 1.63. The molecule has 1 aliphatic rings. The number of carbonyl (C=O) groups is 1. The molecule has 0 saturated carbocycles. The molecule has 1 rings (SSSR count). The number of halogens is 1. The van der Waals surface area contributed by atoms with E-state index in [-0.39, 0.29) is 4.45 Å². The number of hydrogen-bond donors (Lipinski definition) is 0. The van der Waals surface area contributed by atoms with Crippen LogP contribution in [0.4, 0.5) is 4.79 Å². The highest BCUT2D eigenvalue weighted by Gasteiger charge is 2.44. The molecule has 0 aliphatic carbocycles. The number of carbonyl (C=O) groups excluding carboxylic acids is 1. The molecular formula is C3H3BrO2S2. The first-order valence-electron chi connectivity index (χ1n) is 1.82. The fourth-order valence-corrected chi connectivity index (χ4v) is 3.30. The van der Waals surface area contributed by atoms with Crippen molar-refractivity contribution in [1.29, 1.82) is 0 Å². The first-order valence-corrected chi connectivity index (χ1v) is 4.25. The summed E-state index contributed by atoms with van der Waals surface area (Å²) in [4.78, 5) is 10.3. The summed E-state index contributed by atoms with van der Waals surface area (Å²) < 4.78 is 4.50. The third-order valence-electron chi connectivity index (χ3n) is 0.654. The largest absolute Gasteiger partial charge is 0.348 e. The Morgan fingerprint density at radius 3 is 2.38 bits per heavy atom. The highest BCUT2D eigenvalue weighted by atomic mass is 79.9. The predicted molar refractivity (Wildman–Crippen MR) is 39.2 cm³/mol. The van der Waals surface area contributed by atoms with Crippen molar-refractivity contribution in [3.63, 3.8) is 0 Å². The van der Waals surface area contributed by atoms with E-state index in [0.29, 0.717) is 0 Å². The molecule has 0 bridgehead atoms. The van der Waals surface area contributed by atoms with E-state index >= 15 is 0 Å². The highest BCUT2D eigenvalue weighted by molar-refractivity contribution is 9.15. The summed E-state index contributed by atoms with van der Waals surface area (Å²) >= 11 is 5.49. The lowest BCUT2D eigenvalue weighted by atomic mass is 11.5. The van der Waals surface area contributed by atoms with Crippen LogP contribution in [0.3, 0.4) is 0 Å². The lowest BCUT2D eigenvalue weighted by Gasteiger charge is -2.29. The molecule has 0 amide bonds. The molecule has 0 unspecified atom stereocenters. The summed E-state index contributed by atoms with van der Waals surface area (Å²) in [6, 6.07) is 0. The number of methoxy groups -OCH3 is 1. The standard InChI is InChI=1S/C3H3BrO2S2/c1-6-3(4)7-2(5)8-3/h1H3. The predicted octanol–water partition coefficient (Wildman–Crippen LogP) is 2.24. The Morgan fingerprint density at radius 2 is 2.25 bits per heavy atom. The number of rotatable bonds is 1. The van der Waals surface area contributed by atoms with Gasteiger partial charge in [-0.05, 0) is 39.5 Å². The van der Waals surface area contributed by atoms with Crippen molar-refractivity contribution in [2.45, 2.75) is 3.17 Å². The zero-order chi connectivity index (χ0) is 6.20. The Bertz CT molecular complexity index is 118. The van der Waals surface area contributed by atoms with E-state index in [0.717, 1.165) is 23.5 Å². The summed E-state index contributed by atoms with van der Waals surface area (Å²) in [6.07, 6.45) is 0. The van der Waals surface area contributed by atoms with Gasteiger partial charge >= 0.3 is 0 Å². The maximum Gasteiger partial charge on any atom is 0.254 e. The van der Waals surface area contributed by atoms with Crippen LogP contribution in [0.2, 0.25) is 0 Å². The zero-order valence-corrected chi connectivity index (χ0v) is 7.23. The first-order chi connectivity index (χ1) is 3.66. The van der Waals surface area contributed by atoms with Gasteiger partial charge in [-0.15, -0.1) is 0 Å². The molecule has 8 heavy (non-hydrogen) atoms. The van der Waals surface area contributed by atoms with Crippen LogP contribution in [0.15, 0.2) is 0 Å². The first kappa shape index (κ1) is 6.92. The highest BCUT2D eigenvalue weighted by Crippen LogP contribution is 2.57. The maximum atomic E-state index is 10.3. The summed E-state index contributed by atoms with van der Waals surface area (Å²) in [7, 11) is 1.56. The van der Waals surface area contributed by atoms with Crippen molar-refractivity contribution in [3.05, 3.63) is 0 Å². The van der Waals surface area contributed by atoms with Crippen LogP contribution >= 0.6 is 39.5 Å². The van der Waals surface area contributed by atoms with Gasteiger partial charge < -0.3 is 4.74 Å². The van der Waals surface area contributed by atoms with Crippen molar-refractivity contribution in [1.82, 2.24) is 0 Å². The van der Waals surface area contributed by atoms with Crippen molar-refractivity contribution < 1.29 is 9.53 Å². The zero-order valence-electron chi connectivity index (χ0n) is 4.01. The molecule has 1 aliphatic heterocycles. The van der Waals surface area contributed by atoms with E-state index in [1.165, 1.54) is 0 Å². The molecule has 1 saturated heterocycles. The summed E-state index contributed by atoms with van der Waals surface area (Å²) in [5, 5.41) is 0. The van der Waals surface area contributed by atoms with Gasteiger partial charge in [0.1, 0.15) is 0 Å². The van der Waals surface area contributed by atoms with E-state index < -0.39 is 3.17 Å². The molecule has 46 valence electrons. The van der Waals surface area contributed by atoms with Gasteiger partial charge in [-0.2, -0.15) is 0 Å². The molecule has 5 heteroatoms. The van der Waals surface area contributed by atoms with Gasteiger partial charge in [0.25, 0.3) is 4.45 Å². The van der Waals surface area contributed by atoms with E-state index in [1.54, 1.807) is 7.11 Å². The fourth-order valence-electron chi connectivity index (χ4n) is 0.290. The molecule has 0 radical (unpaired) electrons. The maximum absolute atomic E-state index is 10.3. The van der Waals surface area contributed by atoms with Gasteiger partial charge in [-0.1, -0.05) is 0 Å². The minimum atomic E-state index is -0.468. The number of ether oxygens (including phenoxy) is 1. The SMILES string of the molecule is COC1(Br)SC(=O)S1. The van der Waals surface area contributed by atoms with E-state index in [9.17, 15) is 4.79 Å². The second-order valence-electron chi connectivity index (χ2n) is 1.14. The van der Waals surface area contributed by atoms with Crippen LogP contribution in [0.25, 0.3) is 0 Å². The van der Waals surface area contributed by atoms with Crippen molar-refractivity contribution in [3.8, 4) is 0 Å². The molecule has 0 aromatic rings. The van der Waals surface area contributed by atoms with Gasteiger partial charge in [0.15, 0.2) is 0 Å². The Hall–Kier alpha value is 0.810. The molecule has 0 atom stereocenters. The molecule has 0 aromatic carbocycles. The number of alkyl halides is 1. The van der Waals surface area contributed by atoms with Crippen molar-refractivity contribution >= 4 is 43.9 Å². The van der Waals surface area contributed by atoms with Crippen LogP contribution in [0.1, 0.15) is 0 Å². The number of hydrogen-bond acceptors (Lipinski definition) is 4. The lowest BCUT2D eigenvalue weighted by Crippen LogP contribution is -2.25. The third kappa shape index (κ3) is 1.21. The van der Waals surface area contributed by atoms with Gasteiger partial charge in [0.05, 0.1) is 0 Å². The molecule has 2 nitrogen and oxygen atoms in total. The quantitative estimate of drug-likeness (QED) is 0.626. The summed E-state index contributed by atoms with van der Waals surface area (Å²) in [6.45, 7) is 0. The van der Waals surface area contributed by atoms with Gasteiger partial charge in [-0.3, -0.25) is 4.79 Å². The fraction of sp³-hybridized carbons (Fsp3) is 0.667. The third-order valence-corrected chi connectivity index (χ3v) is 4.10. The Morgan fingerprint density at radius 1 is 1.75 bits per heavy atom. The topological polar surface area (TPSA) is 26.3 Å². The molecule has 1 heterocycles. The lowest BCUT2D eigenvalue weighted by molar-refractivity contribution is 0.213. The summed E-state index contributed by atoms with van der Waals surface area (Å²) in [5.41, 5.74) is 0. The molecule has 0 aromatic heterocycles. The van der Waals surface area contributed by atoms with Crippen molar-refractivity contribution in [2.75, 3.05) is 7.11 Å². The minimum absolute atomic E-state index is 0.101. The Balaban J connectivity index is 2.40. The van der Waals surface area contributed by atoms with E-state index in [4.69, 9.17) is 4.74 Å². The normalized spacial score (nSPS) is 25.0. The van der Waals surface area contributed by atoms with E-state index in [1.807, 2.05) is 0 Å². The van der Waals surface area contributed by atoms with Crippen LogP contribution in [0.5, 0.6) is 0 Å². The molecule has 0 N–H and O–H groups in total. The van der Waals surface area contributed by atoms with Crippen LogP contribution in [0, 0.1) is 0 Å². The molecule has 0 spiro atoms. The van der Waals surface area contributed by atoms with Crippen molar-refractivity contribution in [2.24, 2.45) is 0 Å². The van der Waals surface area contributed by atoms with Gasteiger partial charge in [0, 0.05) is 7.11 Å².